The highest BCUT2D eigenvalue weighted by Crippen LogP contribution is 2.39. The summed E-state index contributed by atoms with van der Waals surface area (Å²) in [5.74, 6) is 1.75. The molecule has 116 valence electrons. The molecular formula is C17H22N4S. The van der Waals surface area contributed by atoms with E-state index in [2.05, 4.69) is 44.5 Å². The predicted octanol–water partition coefficient (Wildman–Crippen LogP) is 2.78. The lowest BCUT2D eigenvalue weighted by atomic mass is 10.1. The standard InChI is InChI=1S/C17H22N4S/c1-2-4-14(5-3-1)8-9-20-10-12-21(13-11-20)17-18-16(19-22-17)15-6-7-15/h1-5,15H,6-13H2. The number of anilines is 1. The number of hydrogen-bond acceptors (Lipinski definition) is 5. The molecule has 0 N–H and O–H groups in total. The summed E-state index contributed by atoms with van der Waals surface area (Å²) in [4.78, 5) is 9.70. The zero-order valence-electron chi connectivity index (χ0n) is 12.8. The molecule has 1 aliphatic carbocycles. The molecule has 0 atom stereocenters. The van der Waals surface area contributed by atoms with Gasteiger partial charge in [0.2, 0.25) is 5.13 Å². The van der Waals surface area contributed by atoms with Crippen LogP contribution in [0.15, 0.2) is 30.3 Å². The van der Waals surface area contributed by atoms with E-state index < -0.39 is 0 Å². The molecular weight excluding hydrogens is 292 g/mol. The molecule has 0 unspecified atom stereocenters. The van der Waals surface area contributed by atoms with Crippen LogP contribution in [-0.2, 0) is 6.42 Å². The second-order valence-electron chi connectivity index (χ2n) is 6.27. The largest absolute Gasteiger partial charge is 0.344 e. The first-order valence-electron chi connectivity index (χ1n) is 8.23. The molecule has 0 amide bonds. The fourth-order valence-corrected chi connectivity index (χ4v) is 3.75. The van der Waals surface area contributed by atoms with Crippen LogP contribution in [0.1, 0.15) is 30.1 Å². The second-order valence-corrected chi connectivity index (χ2v) is 7.00. The molecule has 1 aromatic heterocycles. The molecule has 2 fully saturated rings. The first-order chi connectivity index (χ1) is 10.9. The Bertz CT molecular complexity index is 600. The fraction of sp³-hybridized carbons (Fsp3) is 0.529. The Morgan fingerprint density at radius 1 is 1.05 bits per heavy atom. The van der Waals surface area contributed by atoms with Crippen molar-refractivity contribution in [2.24, 2.45) is 0 Å². The summed E-state index contributed by atoms with van der Waals surface area (Å²) in [5, 5.41) is 1.13. The first-order valence-corrected chi connectivity index (χ1v) is 9.01. The smallest absolute Gasteiger partial charge is 0.205 e. The molecule has 5 heteroatoms. The van der Waals surface area contributed by atoms with E-state index in [0.717, 1.165) is 50.1 Å². The second kappa shape index (κ2) is 6.34. The van der Waals surface area contributed by atoms with Gasteiger partial charge < -0.3 is 4.90 Å². The average molecular weight is 314 g/mol. The van der Waals surface area contributed by atoms with Gasteiger partial charge >= 0.3 is 0 Å². The first kappa shape index (κ1) is 14.2. The van der Waals surface area contributed by atoms with E-state index in [1.807, 2.05) is 0 Å². The Labute approximate surface area is 136 Å². The SMILES string of the molecule is c1ccc(CCN2CCN(c3nc(C4CC4)ns3)CC2)cc1. The maximum atomic E-state index is 4.73. The molecule has 1 saturated carbocycles. The Hall–Kier alpha value is -1.46. The summed E-state index contributed by atoms with van der Waals surface area (Å²) in [6.07, 6.45) is 3.71. The fourth-order valence-electron chi connectivity index (χ4n) is 2.96. The maximum Gasteiger partial charge on any atom is 0.205 e. The van der Waals surface area contributed by atoms with Crippen LogP contribution in [0.2, 0.25) is 0 Å². The quantitative estimate of drug-likeness (QED) is 0.849. The van der Waals surface area contributed by atoms with Crippen molar-refractivity contribution in [1.29, 1.82) is 0 Å². The third-order valence-corrected chi connectivity index (χ3v) is 5.37. The topological polar surface area (TPSA) is 32.3 Å². The van der Waals surface area contributed by atoms with Gasteiger partial charge in [0, 0.05) is 50.2 Å². The highest BCUT2D eigenvalue weighted by molar-refractivity contribution is 7.09. The molecule has 0 bridgehead atoms. The van der Waals surface area contributed by atoms with Crippen molar-refractivity contribution >= 4 is 16.7 Å². The molecule has 0 spiro atoms. The summed E-state index contributed by atoms with van der Waals surface area (Å²) in [6, 6.07) is 10.8. The summed E-state index contributed by atoms with van der Waals surface area (Å²) in [6.45, 7) is 5.57. The van der Waals surface area contributed by atoms with Crippen LogP contribution in [0.5, 0.6) is 0 Å². The molecule has 4 rings (SSSR count). The number of hydrogen-bond donors (Lipinski definition) is 0. The van der Waals surface area contributed by atoms with Gasteiger partial charge in [0.15, 0.2) is 0 Å². The molecule has 22 heavy (non-hydrogen) atoms. The van der Waals surface area contributed by atoms with E-state index in [1.54, 1.807) is 11.5 Å². The average Bonchev–Trinajstić information content (AvgIpc) is 3.32. The zero-order valence-corrected chi connectivity index (χ0v) is 13.6. The molecule has 1 aliphatic heterocycles. The van der Waals surface area contributed by atoms with Crippen molar-refractivity contribution < 1.29 is 0 Å². The Balaban J connectivity index is 1.26. The van der Waals surface area contributed by atoms with Gasteiger partial charge in [0.05, 0.1) is 0 Å². The maximum absolute atomic E-state index is 4.73. The normalized spacial score (nSPS) is 19.5. The third kappa shape index (κ3) is 3.31. The summed E-state index contributed by atoms with van der Waals surface area (Å²) < 4.78 is 4.52. The van der Waals surface area contributed by atoms with Crippen LogP contribution in [0, 0.1) is 0 Å². The van der Waals surface area contributed by atoms with Crippen LogP contribution < -0.4 is 4.90 Å². The van der Waals surface area contributed by atoms with Gasteiger partial charge in [0.1, 0.15) is 5.82 Å². The minimum absolute atomic E-state index is 0.664. The van der Waals surface area contributed by atoms with Gasteiger partial charge in [-0.25, -0.2) is 4.98 Å². The number of nitrogens with zero attached hydrogens (tertiary/aromatic N) is 4. The highest BCUT2D eigenvalue weighted by Gasteiger charge is 2.29. The number of piperazine rings is 1. The van der Waals surface area contributed by atoms with Crippen LogP contribution in [-0.4, -0.2) is 47.0 Å². The predicted molar refractivity (Wildman–Crippen MR) is 90.7 cm³/mol. The minimum Gasteiger partial charge on any atom is -0.344 e. The molecule has 2 aliphatic rings. The van der Waals surface area contributed by atoms with Crippen molar-refractivity contribution in [1.82, 2.24) is 14.3 Å². The van der Waals surface area contributed by atoms with Crippen LogP contribution in [0.4, 0.5) is 5.13 Å². The Kier molecular flexibility index (Phi) is 4.08. The lowest BCUT2D eigenvalue weighted by Gasteiger charge is -2.34. The van der Waals surface area contributed by atoms with Crippen molar-refractivity contribution in [2.45, 2.75) is 25.2 Å². The van der Waals surface area contributed by atoms with Crippen LogP contribution in [0.3, 0.4) is 0 Å². The molecule has 0 radical (unpaired) electrons. The van der Waals surface area contributed by atoms with Crippen LogP contribution >= 0.6 is 11.5 Å². The van der Waals surface area contributed by atoms with Gasteiger partial charge in [-0.1, -0.05) is 30.3 Å². The van der Waals surface area contributed by atoms with E-state index >= 15 is 0 Å². The van der Waals surface area contributed by atoms with Crippen molar-refractivity contribution in [3.8, 4) is 0 Å². The molecule has 4 nitrogen and oxygen atoms in total. The van der Waals surface area contributed by atoms with Gasteiger partial charge in [-0.05, 0) is 24.8 Å². The summed E-state index contributed by atoms with van der Waals surface area (Å²) in [5.41, 5.74) is 1.43. The number of aromatic nitrogens is 2. The minimum atomic E-state index is 0.664. The van der Waals surface area contributed by atoms with Crippen LogP contribution in [0.25, 0.3) is 0 Å². The highest BCUT2D eigenvalue weighted by atomic mass is 32.1. The lowest BCUT2D eigenvalue weighted by molar-refractivity contribution is 0.261. The summed E-state index contributed by atoms with van der Waals surface area (Å²) >= 11 is 1.58. The van der Waals surface area contributed by atoms with Crippen molar-refractivity contribution in [3.05, 3.63) is 41.7 Å². The Morgan fingerprint density at radius 2 is 1.82 bits per heavy atom. The lowest BCUT2D eigenvalue weighted by Crippen LogP contribution is -2.47. The number of rotatable bonds is 5. The zero-order chi connectivity index (χ0) is 14.8. The third-order valence-electron chi connectivity index (χ3n) is 4.58. The van der Waals surface area contributed by atoms with Gasteiger partial charge in [-0.15, -0.1) is 0 Å². The molecule has 2 aromatic rings. The van der Waals surface area contributed by atoms with E-state index in [4.69, 9.17) is 4.98 Å². The van der Waals surface area contributed by atoms with Gasteiger partial charge in [0.25, 0.3) is 0 Å². The van der Waals surface area contributed by atoms with Gasteiger partial charge in [-0.3, -0.25) is 4.90 Å². The van der Waals surface area contributed by atoms with E-state index in [-0.39, 0.29) is 0 Å². The van der Waals surface area contributed by atoms with Gasteiger partial charge in [-0.2, -0.15) is 4.37 Å². The van der Waals surface area contributed by atoms with E-state index in [9.17, 15) is 0 Å². The monoisotopic (exact) mass is 314 g/mol. The summed E-state index contributed by atoms with van der Waals surface area (Å²) in [7, 11) is 0. The molecule has 2 heterocycles. The van der Waals surface area contributed by atoms with E-state index in [1.165, 1.54) is 18.4 Å². The van der Waals surface area contributed by atoms with E-state index in [0.29, 0.717) is 5.92 Å². The number of benzene rings is 1. The van der Waals surface area contributed by atoms with Crippen molar-refractivity contribution in [2.75, 3.05) is 37.6 Å². The molecule has 1 aromatic carbocycles. The van der Waals surface area contributed by atoms with Crippen molar-refractivity contribution in [3.63, 3.8) is 0 Å². The Morgan fingerprint density at radius 3 is 2.55 bits per heavy atom. The molecule has 1 saturated heterocycles.